The molecule has 1 unspecified atom stereocenters. The van der Waals surface area contributed by atoms with E-state index in [0.717, 1.165) is 12.2 Å². The molecule has 0 radical (unpaired) electrons. The van der Waals surface area contributed by atoms with Crippen LogP contribution in [0.15, 0.2) is 27.7 Å². The first-order valence-electron chi connectivity index (χ1n) is 6.26. The second-order valence-corrected chi connectivity index (χ2v) is 6.75. The zero-order valence-corrected chi connectivity index (χ0v) is 13.8. The molecule has 21 heavy (non-hydrogen) atoms. The van der Waals surface area contributed by atoms with E-state index in [1.807, 2.05) is 13.8 Å². The molecule has 1 atom stereocenters. The Morgan fingerprint density at radius 3 is 2.76 bits per heavy atom. The summed E-state index contributed by atoms with van der Waals surface area (Å²) in [6.07, 6.45) is -3.86. The fraction of sp³-hybridized carbons (Fsp3) is 0.462. The summed E-state index contributed by atoms with van der Waals surface area (Å²) >= 11 is 4.63. The third-order valence-corrected chi connectivity index (χ3v) is 4.79. The third-order valence-electron chi connectivity index (χ3n) is 3.06. The number of rotatable bonds is 3. The van der Waals surface area contributed by atoms with E-state index in [1.54, 1.807) is 6.07 Å². The largest absolute Gasteiger partial charge is 0.573 e. The summed E-state index contributed by atoms with van der Waals surface area (Å²) in [5.41, 5.74) is 0.0649. The molecule has 1 heterocycles. The van der Waals surface area contributed by atoms with E-state index in [-0.39, 0.29) is 17.0 Å². The number of alkyl halides is 3. The van der Waals surface area contributed by atoms with Gasteiger partial charge in [0.05, 0.1) is 11.2 Å². The standard InChI is InChI=1S/C13H14BrF3N2OS/c1-3-12(2)7-21-11(19-12)18-9-5-4-8(14)6-10(9)20-13(15,16)17/h4-6H,3,7H2,1-2H3,(H,18,19). The van der Waals surface area contributed by atoms with Crippen LogP contribution in [0, 0.1) is 0 Å². The number of ether oxygens (including phenoxy) is 1. The number of hydrogen-bond donors (Lipinski definition) is 1. The topological polar surface area (TPSA) is 33.6 Å². The van der Waals surface area contributed by atoms with Crippen molar-refractivity contribution < 1.29 is 17.9 Å². The molecule has 0 amide bonds. The number of hydrogen-bond acceptors (Lipinski definition) is 4. The lowest BCUT2D eigenvalue weighted by Crippen LogP contribution is -2.20. The Hall–Kier alpha value is -0.890. The predicted molar refractivity (Wildman–Crippen MR) is 83.0 cm³/mol. The first-order valence-corrected chi connectivity index (χ1v) is 8.04. The van der Waals surface area contributed by atoms with Gasteiger partial charge < -0.3 is 10.1 Å². The number of benzene rings is 1. The van der Waals surface area contributed by atoms with Gasteiger partial charge in [0.2, 0.25) is 0 Å². The van der Waals surface area contributed by atoms with Gasteiger partial charge >= 0.3 is 6.36 Å². The maximum atomic E-state index is 12.4. The number of thioether (sulfide) groups is 1. The van der Waals surface area contributed by atoms with Gasteiger partial charge in [0.15, 0.2) is 10.9 Å². The van der Waals surface area contributed by atoms with Crippen molar-refractivity contribution in [1.29, 1.82) is 0 Å². The number of anilines is 1. The van der Waals surface area contributed by atoms with E-state index < -0.39 is 6.36 Å². The fourth-order valence-electron chi connectivity index (χ4n) is 1.70. The van der Waals surface area contributed by atoms with Crippen LogP contribution in [0.25, 0.3) is 0 Å². The third kappa shape index (κ3) is 4.54. The SMILES string of the molecule is CCC1(C)CSC(Nc2ccc(Br)cc2OC(F)(F)F)=N1. The van der Waals surface area contributed by atoms with E-state index in [1.165, 1.54) is 23.9 Å². The van der Waals surface area contributed by atoms with Crippen LogP contribution in [0.2, 0.25) is 0 Å². The molecule has 1 N–H and O–H groups in total. The van der Waals surface area contributed by atoms with Crippen molar-refractivity contribution in [2.45, 2.75) is 32.2 Å². The lowest BCUT2D eigenvalue weighted by Gasteiger charge is -2.16. The highest BCUT2D eigenvalue weighted by Gasteiger charge is 2.33. The lowest BCUT2D eigenvalue weighted by atomic mass is 10.0. The minimum Gasteiger partial charge on any atom is -0.404 e. The highest BCUT2D eigenvalue weighted by atomic mass is 79.9. The summed E-state index contributed by atoms with van der Waals surface area (Å²) in [6.45, 7) is 4.05. The Labute approximate surface area is 133 Å². The summed E-state index contributed by atoms with van der Waals surface area (Å²) in [5, 5.41) is 3.52. The summed E-state index contributed by atoms with van der Waals surface area (Å²) < 4.78 is 41.9. The van der Waals surface area contributed by atoms with E-state index in [0.29, 0.717) is 9.64 Å². The Morgan fingerprint density at radius 2 is 2.19 bits per heavy atom. The second-order valence-electron chi connectivity index (χ2n) is 4.87. The summed E-state index contributed by atoms with van der Waals surface area (Å²) in [6, 6.07) is 4.44. The normalized spacial score (nSPS) is 22.1. The molecule has 0 saturated heterocycles. The van der Waals surface area contributed by atoms with Crippen molar-refractivity contribution >= 4 is 38.5 Å². The first kappa shape index (κ1) is 16.5. The van der Waals surface area contributed by atoms with Gasteiger partial charge in [-0.3, -0.25) is 4.99 Å². The minimum atomic E-state index is -4.74. The number of nitrogens with zero attached hydrogens (tertiary/aromatic N) is 1. The van der Waals surface area contributed by atoms with Gasteiger partial charge in [-0.05, 0) is 31.5 Å². The van der Waals surface area contributed by atoms with Crippen molar-refractivity contribution in [2.75, 3.05) is 11.1 Å². The highest BCUT2D eigenvalue weighted by Crippen LogP contribution is 2.36. The monoisotopic (exact) mass is 382 g/mol. The summed E-state index contributed by atoms with van der Waals surface area (Å²) in [4.78, 5) is 4.51. The molecule has 1 aliphatic rings. The average Bonchev–Trinajstić information content (AvgIpc) is 2.73. The lowest BCUT2D eigenvalue weighted by molar-refractivity contribution is -0.274. The number of halogens is 4. The second kappa shape index (κ2) is 6.08. The van der Waals surface area contributed by atoms with Gasteiger partial charge in [-0.1, -0.05) is 34.6 Å². The molecule has 1 aromatic carbocycles. The minimum absolute atomic E-state index is 0.173. The molecule has 1 aliphatic heterocycles. The first-order chi connectivity index (χ1) is 9.71. The van der Waals surface area contributed by atoms with Gasteiger partial charge in [0, 0.05) is 10.2 Å². The zero-order chi connectivity index (χ0) is 15.7. The van der Waals surface area contributed by atoms with E-state index in [4.69, 9.17) is 0 Å². The molecule has 2 rings (SSSR count). The van der Waals surface area contributed by atoms with Crippen LogP contribution in [0.4, 0.5) is 18.9 Å². The molecule has 0 fully saturated rings. The molecule has 3 nitrogen and oxygen atoms in total. The molecule has 0 spiro atoms. The molecule has 0 bridgehead atoms. The van der Waals surface area contributed by atoms with Gasteiger partial charge in [-0.2, -0.15) is 0 Å². The average molecular weight is 383 g/mol. The summed E-state index contributed by atoms with van der Waals surface area (Å²) in [5.74, 6) is 0.517. The molecule has 0 saturated carbocycles. The fourth-order valence-corrected chi connectivity index (χ4v) is 3.23. The van der Waals surface area contributed by atoms with E-state index >= 15 is 0 Å². The molecule has 0 aliphatic carbocycles. The maximum Gasteiger partial charge on any atom is 0.573 e. The zero-order valence-electron chi connectivity index (χ0n) is 11.4. The Kier molecular flexibility index (Phi) is 4.77. The Bertz CT molecular complexity index is 565. The van der Waals surface area contributed by atoms with Crippen molar-refractivity contribution in [3.05, 3.63) is 22.7 Å². The van der Waals surface area contributed by atoms with Crippen molar-refractivity contribution in [1.82, 2.24) is 0 Å². The molecule has 1 aromatic rings. The van der Waals surface area contributed by atoms with Crippen molar-refractivity contribution in [3.8, 4) is 5.75 Å². The molecular formula is C13H14BrF3N2OS. The summed E-state index contributed by atoms with van der Waals surface area (Å²) in [7, 11) is 0. The number of aliphatic imine (C=N–C) groups is 1. The van der Waals surface area contributed by atoms with Crippen molar-refractivity contribution in [2.24, 2.45) is 4.99 Å². The molecular weight excluding hydrogens is 369 g/mol. The van der Waals surface area contributed by atoms with Crippen LogP contribution in [0.3, 0.4) is 0 Å². The van der Waals surface area contributed by atoms with Gasteiger partial charge in [-0.15, -0.1) is 13.2 Å². The van der Waals surface area contributed by atoms with Crippen LogP contribution >= 0.6 is 27.7 Å². The molecule has 8 heteroatoms. The van der Waals surface area contributed by atoms with Gasteiger partial charge in [0.1, 0.15) is 0 Å². The Morgan fingerprint density at radius 1 is 1.48 bits per heavy atom. The number of nitrogens with one attached hydrogen (secondary N) is 1. The van der Waals surface area contributed by atoms with Crippen LogP contribution in [-0.2, 0) is 0 Å². The maximum absolute atomic E-state index is 12.4. The van der Waals surface area contributed by atoms with Crippen molar-refractivity contribution in [3.63, 3.8) is 0 Å². The van der Waals surface area contributed by atoms with Gasteiger partial charge in [0.25, 0.3) is 0 Å². The molecule has 116 valence electrons. The predicted octanol–water partition coefficient (Wildman–Crippen LogP) is 5.03. The van der Waals surface area contributed by atoms with Crippen LogP contribution < -0.4 is 10.1 Å². The number of amidine groups is 1. The quantitative estimate of drug-likeness (QED) is 0.795. The van der Waals surface area contributed by atoms with Crippen LogP contribution in [0.1, 0.15) is 20.3 Å². The van der Waals surface area contributed by atoms with Crippen LogP contribution in [-0.4, -0.2) is 22.8 Å². The van der Waals surface area contributed by atoms with E-state index in [9.17, 15) is 13.2 Å². The Balaban J connectivity index is 2.23. The smallest absolute Gasteiger partial charge is 0.404 e. The van der Waals surface area contributed by atoms with E-state index in [2.05, 4.69) is 31.0 Å². The van der Waals surface area contributed by atoms with Crippen LogP contribution in [0.5, 0.6) is 5.75 Å². The van der Waals surface area contributed by atoms with Gasteiger partial charge in [-0.25, -0.2) is 0 Å². The highest BCUT2D eigenvalue weighted by molar-refractivity contribution is 9.10. The molecule has 0 aromatic heterocycles.